The molecule has 4 nitrogen and oxygen atoms in total. The van der Waals surface area contributed by atoms with Crippen LogP contribution in [0, 0.1) is 5.82 Å². The van der Waals surface area contributed by atoms with Crippen molar-refractivity contribution in [1.29, 1.82) is 0 Å². The zero-order chi connectivity index (χ0) is 18.4. The molecular formula is C21H20FNO3. The number of furan rings is 1. The molecule has 0 bridgehead atoms. The third-order valence-electron chi connectivity index (χ3n) is 3.95. The maximum atomic E-state index is 13.8. The van der Waals surface area contributed by atoms with E-state index in [1.165, 1.54) is 6.07 Å². The van der Waals surface area contributed by atoms with Crippen molar-refractivity contribution in [3.8, 4) is 11.3 Å². The van der Waals surface area contributed by atoms with Crippen molar-refractivity contribution in [2.24, 2.45) is 0 Å². The monoisotopic (exact) mass is 353 g/mol. The molecule has 1 amide bonds. The van der Waals surface area contributed by atoms with Crippen molar-refractivity contribution < 1.29 is 18.3 Å². The fraction of sp³-hybridized carbons (Fsp3) is 0.190. The van der Waals surface area contributed by atoms with Gasteiger partial charge in [0.05, 0.1) is 18.7 Å². The molecule has 1 atom stereocenters. The number of nitrogens with one attached hydrogen (secondary N) is 1. The molecule has 3 rings (SSSR count). The summed E-state index contributed by atoms with van der Waals surface area (Å²) in [6.45, 7) is 2.28. The highest BCUT2D eigenvalue weighted by Gasteiger charge is 2.14. The van der Waals surface area contributed by atoms with Crippen molar-refractivity contribution in [2.75, 3.05) is 0 Å². The van der Waals surface area contributed by atoms with Crippen LogP contribution >= 0.6 is 0 Å². The Morgan fingerprint density at radius 2 is 1.81 bits per heavy atom. The fourth-order valence-corrected chi connectivity index (χ4v) is 2.47. The molecule has 1 heterocycles. The number of carbonyl (C=O) groups is 1. The number of benzene rings is 2. The molecular weight excluding hydrogens is 333 g/mol. The molecule has 0 aliphatic carbocycles. The first-order valence-electron chi connectivity index (χ1n) is 8.40. The van der Waals surface area contributed by atoms with Crippen LogP contribution in [0.1, 0.15) is 18.2 Å². The molecule has 1 aromatic heterocycles. The van der Waals surface area contributed by atoms with Crippen molar-refractivity contribution in [2.45, 2.75) is 26.2 Å². The summed E-state index contributed by atoms with van der Waals surface area (Å²) in [4.78, 5) is 12.1. The average molecular weight is 353 g/mol. The van der Waals surface area contributed by atoms with E-state index in [1.54, 1.807) is 37.3 Å². The van der Waals surface area contributed by atoms with Crippen LogP contribution in [0.15, 0.2) is 71.1 Å². The van der Waals surface area contributed by atoms with Crippen molar-refractivity contribution >= 4 is 5.91 Å². The van der Waals surface area contributed by atoms with E-state index in [4.69, 9.17) is 9.15 Å². The van der Waals surface area contributed by atoms with E-state index >= 15 is 0 Å². The first-order chi connectivity index (χ1) is 12.6. The quantitative estimate of drug-likeness (QED) is 0.689. The molecule has 5 heteroatoms. The summed E-state index contributed by atoms with van der Waals surface area (Å²) in [5, 5.41) is 2.76. The summed E-state index contributed by atoms with van der Waals surface area (Å²) < 4.78 is 25.0. The standard InChI is InChI=1S/C21H20FNO3/c1-15(25-14-16-7-3-2-4-8-16)21(24)23-13-17-11-12-20(26-17)18-9-5-6-10-19(18)22/h2-12,15H,13-14H2,1H3,(H,23,24)/t15-/m0/s1. The molecule has 26 heavy (non-hydrogen) atoms. The minimum Gasteiger partial charge on any atom is -0.459 e. The summed E-state index contributed by atoms with van der Waals surface area (Å²) in [5.74, 6) is 0.401. The van der Waals surface area contributed by atoms with Gasteiger partial charge in [-0.15, -0.1) is 0 Å². The van der Waals surface area contributed by atoms with Crippen LogP contribution < -0.4 is 5.32 Å². The molecule has 0 unspecified atom stereocenters. The van der Waals surface area contributed by atoms with E-state index in [1.807, 2.05) is 30.3 Å². The maximum absolute atomic E-state index is 13.8. The highest BCUT2D eigenvalue weighted by atomic mass is 19.1. The molecule has 0 saturated heterocycles. The van der Waals surface area contributed by atoms with Crippen LogP contribution in [0.4, 0.5) is 4.39 Å². The number of rotatable bonds is 7. The second-order valence-electron chi connectivity index (χ2n) is 5.90. The van der Waals surface area contributed by atoms with Gasteiger partial charge in [-0.05, 0) is 36.8 Å². The normalized spacial score (nSPS) is 11.9. The zero-order valence-corrected chi connectivity index (χ0v) is 14.4. The van der Waals surface area contributed by atoms with Crippen molar-refractivity contribution in [3.05, 3.63) is 83.9 Å². The third kappa shape index (κ3) is 4.58. The van der Waals surface area contributed by atoms with Crippen LogP contribution in [-0.2, 0) is 22.7 Å². The van der Waals surface area contributed by atoms with Gasteiger partial charge in [0.25, 0.3) is 0 Å². The lowest BCUT2D eigenvalue weighted by Crippen LogP contribution is -2.33. The number of hydrogen-bond acceptors (Lipinski definition) is 3. The van der Waals surface area contributed by atoms with E-state index in [9.17, 15) is 9.18 Å². The van der Waals surface area contributed by atoms with Crippen LogP contribution in [0.3, 0.4) is 0 Å². The predicted octanol–water partition coefficient (Wildman–Crippen LogP) is 4.31. The minimum atomic E-state index is -0.587. The van der Waals surface area contributed by atoms with Gasteiger partial charge in [-0.3, -0.25) is 4.79 Å². The second-order valence-corrected chi connectivity index (χ2v) is 5.90. The first-order valence-corrected chi connectivity index (χ1v) is 8.40. The summed E-state index contributed by atoms with van der Waals surface area (Å²) >= 11 is 0. The molecule has 0 spiro atoms. The number of halogens is 1. The van der Waals surface area contributed by atoms with Crippen LogP contribution in [-0.4, -0.2) is 12.0 Å². The van der Waals surface area contributed by atoms with Gasteiger partial charge in [0, 0.05) is 0 Å². The molecule has 0 aliphatic heterocycles. The Balaban J connectivity index is 1.51. The lowest BCUT2D eigenvalue weighted by Gasteiger charge is -2.13. The van der Waals surface area contributed by atoms with Gasteiger partial charge >= 0.3 is 0 Å². The Bertz CT molecular complexity index is 860. The summed E-state index contributed by atoms with van der Waals surface area (Å²) in [6, 6.07) is 19.5. The Hall–Kier alpha value is -2.92. The second kappa shape index (κ2) is 8.45. The smallest absolute Gasteiger partial charge is 0.249 e. The molecule has 1 N–H and O–H groups in total. The molecule has 3 aromatic rings. The van der Waals surface area contributed by atoms with Gasteiger partial charge < -0.3 is 14.5 Å². The highest BCUT2D eigenvalue weighted by Crippen LogP contribution is 2.24. The lowest BCUT2D eigenvalue weighted by molar-refractivity contribution is -0.132. The van der Waals surface area contributed by atoms with Crippen molar-refractivity contribution in [3.63, 3.8) is 0 Å². The van der Waals surface area contributed by atoms with Crippen LogP contribution in [0.5, 0.6) is 0 Å². The number of ether oxygens (including phenoxy) is 1. The summed E-state index contributed by atoms with van der Waals surface area (Å²) in [6.07, 6.45) is -0.587. The molecule has 0 fully saturated rings. The van der Waals surface area contributed by atoms with Gasteiger partial charge in [0.15, 0.2) is 0 Å². The third-order valence-corrected chi connectivity index (χ3v) is 3.95. The molecule has 0 aliphatic rings. The highest BCUT2D eigenvalue weighted by molar-refractivity contribution is 5.80. The number of carbonyl (C=O) groups excluding carboxylic acids is 1. The van der Waals surface area contributed by atoms with Gasteiger partial charge in [-0.2, -0.15) is 0 Å². The van der Waals surface area contributed by atoms with E-state index in [2.05, 4.69) is 5.32 Å². The number of hydrogen-bond donors (Lipinski definition) is 1. The lowest BCUT2D eigenvalue weighted by atomic mass is 10.1. The summed E-state index contributed by atoms with van der Waals surface area (Å²) in [5.41, 5.74) is 1.40. The average Bonchev–Trinajstić information content (AvgIpc) is 3.14. The predicted molar refractivity (Wildman–Crippen MR) is 96.6 cm³/mol. The van der Waals surface area contributed by atoms with Gasteiger partial charge in [-0.1, -0.05) is 42.5 Å². The fourth-order valence-electron chi connectivity index (χ4n) is 2.47. The Morgan fingerprint density at radius 3 is 2.58 bits per heavy atom. The van der Waals surface area contributed by atoms with Gasteiger partial charge in [-0.25, -0.2) is 4.39 Å². The Morgan fingerprint density at radius 1 is 1.08 bits per heavy atom. The number of amides is 1. The van der Waals surface area contributed by atoms with E-state index in [0.717, 1.165) is 5.56 Å². The van der Waals surface area contributed by atoms with E-state index < -0.39 is 6.10 Å². The molecule has 2 aromatic carbocycles. The molecule has 0 saturated carbocycles. The topological polar surface area (TPSA) is 51.5 Å². The minimum absolute atomic E-state index is 0.215. The molecule has 0 radical (unpaired) electrons. The van der Waals surface area contributed by atoms with E-state index in [-0.39, 0.29) is 18.3 Å². The van der Waals surface area contributed by atoms with Crippen LogP contribution in [0.25, 0.3) is 11.3 Å². The zero-order valence-electron chi connectivity index (χ0n) is 14.4. The van der Waals surface area contributed by atoms with Gasteiger partial charge in [0.2, 0.25) is 5.91 Å². The summed E-state index contributed by atoms with van der Waals surface area (Å²) in [7, 11) is 0. The molecule has 134 valence electrons. The van der Waals surface area contributed by atoms with E-state index in [0.29, 0.717) is 23.7 Å². The van der Waals surface area contributed by atoms with Crippen LogP contribution in [0.2, 0.25) is 0 Å². The largest absolute Gasteiger partial charge is 0.459 e. The Labute approximate surface area is 151 Å². The SMILES string of the molecule is C[C@H](OCc1ccccc1)C(=O)NCc1ccc(-c2ccccc2F)o1. The van der Waals surface area contributed by atoms with Crippen molar-refractivity contribution in [1.82, 2.24) is 5.32 Å². The first kappa shape index (κ1) is 17.9. The maximum Gasteiger partial charge on any atom is 0.249 e. The van der Waals surface area contributed by atoms with Gasteiger partial charge in [0.1, 0.15) is 23.4 Å². The Kier molecular flexibility index (Phi) is 5.81.